The summed E-state index contributed by atoms with van der Waals surface area (Å²) in [4.78, 5) is 22.1. The van der Waals surface area contributed by atoms with E-state index in [-0.39, 0.29) is 5.56 Å². The highest BCUT2D eigenvalue weighted by Crippen LogP contribution is 2.28. The van der Waals surface area contributed by atoms with E-state index < -0.39 is 28.0 Å². The normalized spacial score (nSPS) is 10.2. The summed E-state index contributed by atoms with van der Waals surface area (Å²) in [5.74, 6) is -1.56. The summed E-state index contributed by atoms with van der Waals surface area (Å²) in [5, 5.41) is 13.5. The van der Waals surface area contributed by atoms with Gasteiger partial charge in [-0.05, 0) is 40.2 Å². The molecule has 21 heavy (non-hydrogen) atoms. The van der Waals surface area contributed by atoms with Gasteiger partial charge in [0, 0.05) is 16.1 Å². The minimum atomic E-state index is -0.884. The predicted octanol–water partition coefficient (Wildman–Crippen LogP) is 4.40. The minimum Gasteiger partial charge on any atom is -0.314 e. The zero-order chi connectivity index (χ0) is 15.6. The van der Waals surface area contributed by atoms with Crippen molar-refractivity contribution in [3.8, 4) is 0 Å². The van der Waals surface area contributed by atoms with E-state index in [1.165, 1.54) is 24.3 Å². The predicted molar refractivity (Wildman–Crippen MR) is 80.2 cm³/mol. The van der Waals surface area contributed by atoms with Crippen LogP contribution in [0.25, 0.3) is 0 Å². The Labute approximate surface area is 132 Å². The summed E-state index contributed by atoms with van der Waals surface area (Å²) >= 11 is 8.97. The van der Waals surface area contributed by atoms with E-state index in [1.807, 2.05) is 0 Å². The molecule has 0 heterocycles. The first-order valence-corrected chi connectivity index (χ1v) is 6.76. The summed E-state index contributed by atoms with van der Waals surface area (Å²) < 4.78 is 14.2. The number of hydrogen-bond donors (Lipinski definition) is 1. The standard InChI is InChI=1S/C13H7BrClFN2O3/c14-8-6-7(4-5-9(8)15)13(19)17-12-10(16)2-1-3-11(12)18(20)21/h1-6H,(H,17,19). The Kier molecular flexibility index (Phi) is 4.54. The summed E-state index contributed by atoms with van der Waals surface area (Å²) in [6.45, 7) is 0. The Hall–Kier alpha value is -1.99. The van der Waals surface area contributed by atoms with Crippen LogP contribution in [0.5, 0.6) is 0 Å². The van der Waals surface area contributed by atoms with Gasteiger partial charge in [-0.2, -0.15) is 0 Å². The molecule has 0 aromatic heterocycles. The molecule has 0 atom stereocenters. The van der Waals surface area contributed by atoms with Crippen molar-refractivity contribution >= 4 is 44.8 Å². The van der Waals surface area contributed by atoms with Gasteiger partial charge in [0.05, 0.1) is 9.95 Å². The maximum atomic E-state index is 13.7. The third-order valence-electron chi connectivity index (χ3n) is 2.61. The lowest BCUT2D eigenvalue weighted by atomic mass is 10.2. The molecule has 0 aliphatic carbocycles. The number of carbonyl (C=O) groups is 1. The minimum absolute atomic E-state index is 0.184. The highest BCUT2D eigenvalue weighted by Gasteiger charge is 2.20. The van der Waals surface area contributed by atoms with Crippen LogP contribution in [0, 0.1) is 15.9 Å². The molecule has 0 saturated carbocycles. The van der Waals surface area contributed by atoms with Gasteiger partial charge in [-0.25, -0.2) is 4.39 Å². The molecule has 0 spiro atoms. The van der Waals surface area contributed by atoms with E-state index in [9.17, 15) is 19.3 Å². The number of nitrogens with one attached hydrogen (secondary N) is 1. The lowest BCUT2D eigenvalue weighted by molar-refractivity contribution is -0.384. The Bertz CT molecular complexity index is 739. The van der Waals surface area contributed by atoms with Crippen molar-refractivity contribution in [1.29, 1.82) is 0 Å². The van der Waals surface area contributed by atoms with Crippen molar-refractivity contribution in [2.45, 2.75) is 0 Å². The molecule has 1 N–H and O–H groups in total. The fourth-order valence-corrected chi connectivity index (χ4v) is 2.11. The van der Waals surface area contributed by atoms with Crippen molar-refractivity contribution in [3.05, 3.63) is 67.4 Å². The van der Waals surface area contributed by atoms with Gasteiger partial charge in [0.1, 0.15) is 0 Å². The first-order valence-electron chi connectivity index (χ1n) is 5.59. The molecule has 8 heteroatoms. The SMILES string of the molecule is O=C(Nc1c(F)cccc1[N+](=O)[O-])c1ccc(Cl)c(Br)c1. The van der Waals surface area contributed by atoms with Crippen LogP contribution in [0.4, 0.5) is 15.8 Å². The maximum absolute atomic E-state index is 13.7. The summed E-state index contributed by atoms with van der Waals surface area (Å²) in [6, 6.07) is 7.68. The van der Waals surface area contributed by atoms with Gasteiger partial charge in [0.2, 0.25) is 0 Å². The monoisotopic (exact) mass is 372 g/mol. The molecular formula is C13H7BrClFN2O3. The zero-order valence-electron chi connectivity index (χ0n) is 10.3. The molecule has 1 amide bonds. The molecule has 2 aromatic carbocycles. The molecule has 0 saturated heterocycles. The third kappa shape index (κ3) is 3.37. The van der Waals surface area contributed by atoms with E-state index in [0.717, 1.165) is 12.1 Å². The van der Waals surface area contributed by atoms with Crippen molar-refractivity contribution < 1.29 is 14.1 Å². The molecule has 0 unspecified atom stereocenters. The molecule has 108 valence electrons. The smallest absolute Gasteiger partial charge is 0.295 e. The number of para-hydroxylation sites is 1. The van der Waals surface area contributed by atoms with Crippen molar-refractivity contribution in [1.82, 2.24) is 0 Å². The Morgan fingerprint density at radius 1 is 1.33 bits per heavy atom. The van der Waals surface area contributed by atoms with Crippen LogP contribution in [0.1, 0.15) is 10.4 Å². The van der Waals surface area contributed by atoms with E-state index in [1.54, 1.807) is 0 Å². The summed E-state index contributed by atoms with van der Waals surface area (Å²) in [7, 11) is 0. The number of halogens is 3. The molecular weight excluding hydrogens is 367 g/mol. The number of amides is 1. The first-order chi connectivity index (χ1) is 9.90. The Morgan fingerprint density at radius 2 is 2.05 bits per heavy atom. The van der Waals surface area contributed by atoms with Gasteiger partial charge in [0.15, 0.2) is 11.5 Å². The number of nitrogens with zero attached hydrogens (tertiary/aromatic N) is 1. The van der Waals surface area contributed by atoms with Crippen molar-refractivity contribution in [2.75, 3.05) is 5.32 Å². The molecule has 2 aromatic rings. The Balaban J connectivity index is 2.36. The highest BCUT2D eigenvalue weighted by atomic mass is 79.9. The van der Waals surface area contributed by atoms with E-state index in [2.05, 4.69) is 21.2 Å². The molecule has 0 fully saturated rings. The van der Waals surface area contributed by atoms with Crippen molar-refractivity contribution in [3.63, 3.8) is 0 Å². The summed E-state index contributed by atoms with van der Waals surface area (Å²) in [5.41, 5.74) is -0.807. The molecule has 0 aliphatic heterocycles. The number of nitro benzene ring substituents is 1. The summed E-state index contributed by atoms with van der Waals surface area (Å²) in [6.07, 6.45) is 0. The zero-order valence-corrected chi connectivity index (χ0v) is 12.6. The molecule has 0 aliphatic rings. The second-order valence-electron chi connectivity index (χ2n) is 3.97. The maximum Gasteiger partial charge on any atom is 0.295 e. The lowest BCUT2D eigenvalue weighted by Crippen LogP contribution is -2.14. The van der Waals surface area contributed by atoms with Gasteiger partial charge in [-0.15, -0.1) is 0 Å². The largest absolute Gasteiger partial charge is 0.314 e. The van der Waals surface area contributed by atoms with Gasteiger partial charge in [0.25, 0.3) is 11.6 Å². The van der Waals surface area contributed by atoms with Crippen LogP contribution in [0.3, 0.4) is 0 Å². The Morgan fingerprint density at radius 3 is 2.67 bits per heavy atom. The number of nitro groups is 1. The first kappa shape index (κ1) is 15.4. The number of benzene rings is 2. The van der Waals surface area contributed by atoms with Crippen LogP contribution in [0.15, 0.2) is 40.9 Å². The molecule has 0 radical (unpaired) electrons. The van der Waals surface area contributed by atoms with Crippen LogP contribution in [0.2, 0.25) is 5.02 Å². The quantitative estimate of drug-likeness (QED) is 0.640. The van der Waals surface area contributed by atoms with Gasteiger partial charge < -0.3 is 5.32 Å². The number of hydrogen-bond acceptors (Lipinski definition) is 3. The number of rotatable bonds is 3. The van der Waals surface area contributed by atoms with E-state index >= 15 is 0 Å². The fraction of sp³-hybridized carbons (Fsp3) is 0. The van der Waals surface area contributed by atoms with Crippen LogP contribution >= 0.6 is 27.5 Å². The average molecular weight is 374 g/mol. The van der Waals surface area contributed by atoms with Crippen LogP contribution in [-0.2, 0) is 0 Å². The second kappa shape index (κ2) is 6.19. The van der Waals surface area contributed by atoms with Gasteiger partial charge in [-0.3, -0.25) is 14.9 Å². The average Bonchev–Trinajstić information content (AvgIpc) is 2.43. The van der Waals surface area contributed by atoms with Gasteiger partial charge in [-0.1, -0.05) is 17.7 Å². The van der Waals surface area contributed by atoms with Crippen LogP contribution in [-0.4, -0.2) is 10.8 Å². The van der Waals surface area contributed by atoms with E-state index in [4.69, 9.17) is 11.6 Å². The molecule has 0 bridgehead atoms. The van der Waals surface area contributed by atoms with Gasteiger partial charge >= 0.3 is 0 Å². The number of anilines is 1. The van der Waals surface area contributed by atoms with Crippen molar-refractivity contribution in [2.24, 2.45) is 0 Å². The third-order valence-corrected chi connectivity index (χ3v) is 3.82. The number of carbonyl (C=O) groups excluding carboxylic acids is 1. The molecule has 5 nitrogen and oxygen atoms in total. The highest BCUT2D eigenvalue weighted by molar-refractivity contribution is 9.10. The van der Waals surface area contributed by atoms with E-state index in [0.29, 0.717) is 9.50 Å². The van der Waals surface area contributed by atoms with Crippen LogP contribution < -0.4 is 5.32 Å². The second-order valence-corrected chi connectivity index (χ2v) is 5.24. The topological polar surface area (TPSA) is 72.2 Å². The molecule has 2 rings (SSSR count). The lowest BCUT2D eigenvalue weighted by Gasteiger charge is -2.07. The fourth-order valence-electron chi connectivity index (χ4n) is 1.61.